The first-order valence-electron chi connectivity index (χ1n) is 9.66. The first-order chi connectivity index (χ1) is 13.6. The second-order valence-corrected chi connectivity index (χ2v) is 14.3. The second kappa shape index (κ2) is 8.20. The van der Waals surface area contributed by atoms with Gasteiger partial charge in [-0.15, -0.1) is 0 Å². The Balaban J connectivity index is 2.48. The molecule has 0 radical (unpaired) electrons. The highest BCUT2D eigenvalue weighted by Gasteiger charge is 2.36. The van der Waals surface area contributed by atoms with Gasteiger partial charge in [-0.05, 0) is 50.9 Å². The number of nitro benzene ring substituents is 1. The van der Waals surface area contributed by atoms with E-state index in [-0.39, 0.29) is 33.9 Å². The van der Waals surface area contributed by atoms with Crippen LogP contribution in [0.15, 0.2) is 18.2 Å². The third-order valence-corrected chi connectivity index (χ3v) is 9.45. The summed E-state index contributed by atoms with van der Waals surface area (Å²) in [6.45, 7) is 16.0. The molecule has 0 aliphatic rings. The molecule has 162 valence electrons. The summed E-state index contributed by atoms with van der Waals surface area (Å²) in [5.74, 6) is 5.75. The lowest BCUT2D eigenvalue weighted by molar-refractivity contribution is -0.383. The number of carbonyl (C=O) groups excluding carboxylic acids is 1. The number of hydrogen-bond donors (Lipinski definition) is 0. The summed E-state index contributed by atoms with van der Waals surface area (Å²) in [5, 5.41) is 16.0. The fourth-order valence-electron chi connectivity index (χ4n) is 2.39. The largest absolute Gasteiger partial charge is 0.442 e. The molecule has 1 aromatic carbocycles. The van der Waals surface area contributed by atoms with E-state index in [1.165, 1.54) is 12.1 Å². The van der Waals surface area contributed by atoms with Crippen LogP contribution < -0.4 is 0 Å². The maximum absolute atomic E-state index is 12.6. The number of non-ortho nitro benzene ring substituents is 1. The standard InChI is InChI=1S/C21H29N3O5Si/c1-20(2,3)29-19(25)23-16-12-9-13-17(24(26)27)18(16)15(22-23)11-10-14-28-30(7,8)21(4,5)6/h9,12-13H,14H2,1-8H3. The van der Waals surface area contributed by atoms with E-state index >= 15 is 0 Å². The highest BCUT2D eigenvalue weighted by Crippen LogP contribution is 2.36. The Bertz CT molecular complexity index is 1030. The molecule has 0 fully saturated rings. The van der Waals surface area contributed by atoms with Crippen LogP contribution in [0.25, 0.3) is 10.9 Å². The fraction of sp³-hybridized carbons (Fsp3) is 0.524. The molecule has 2 rings (SSSR count). The van der Waals surface area contributed by atoms with Crippen LogP contribution >= 0.6 is 0 Å². The number of hydrogen-bond acceptors (Lipinski definition) is 6. The number of rotatable bonds is 3. The summed E-state index contributed by atoms with van der Waals surface area (Å²) in [6, 6.07) is 4.44. The lowest BCUT2D eigenvalue weighted by atomic mass is 10.1. The minimum Gasteiger partial charge on any atom is -0.442 e. The Morgan fingerprint density at radius 1 is 1.23 bits per heavy atom. The van der Waals surface area contributed by atoms with Crippen molar-refractivity contribution in [3.05, 3.63) is 34.0 Å². The van der Waals surface area contributed by atoms with Gasteiger partial charge in [-0.2, -0.15) is 9.78 Å². The molecule has 0 atom stereocenters. The van der Waals surface area contributed by atoms with Gasteiger partial charge in [0.05, 0.1) is 17.0 Å². The van der Waals surface area contributed by atoms with Gasteiger partial charge in [0.1, 0.15) is 11.0 Å². The summed E-state index contributed by atoms with van der Waals surface area (Å²) in [5.41, 5.74) is -0.495. The zero-order chi connectivity index (χ0) is 22.9. The number of benzene rings is 1. The van der Waals surface area contributed by atoms with Gasteiger partial charge in [0, 0.05) is 6.07 Å². The molecule has 0 aliphatic heterocycles. The molecular formula is C21H29N3O5Si. The van der Waals surface area contributed by atoms with Crippen LogP contribution in [0.4, 0.5) is 10.5 Å². The Labute approximate surface area is 177 Å². The second-order valence-electron chi connectivity index (χ2n) is 9.52. The van der Waals surface area contributed by atoms with Crippen molar-refractivity contribution in [3.63, 3.8) is 0 Å². The average Bonchev–Trinajstić information content (AvgIpc) is 2.95. The van der Waals surface area contributed by atoms with E-state index in [0.717, 1.165) is 4.68 Å². The number of nitrogens with zero attached hydrogens (tertiary/aromatic N) is 3. The maximum Gasteiger partial charge on any atom is 0.435 e. The van der Waals surface area contributed by atoms with Crippen LogP contribution in [-0.4, -0.2) is 41.3 Å². The van der Waals surface area contributed by atoms with Crippen molar-refractivity contribution in [2.24, 2.45) is 0 Å². The van der Waals surface area contributed by atoms with Gasteiger partial charge in [-0.25, -0.2) is 4.79 Å². The smallest absolute Gasteiger partial charge is 0.435 e. The third kappa shape index (κ3) is 5.26. The maximum atomic E-state index is 12.6. The molecule has 0 spiro atoms. The minimum absolute atomic E-state index is 0.0401. The van der Waals surface area contributed by atoms with E-state index in [9.17, 15) is 14.9 Å². The van der Waals surface area contributed by atoms with Crippen LogP contribution in [0.5, 0.6) is 0 Å². The van der Waals surface area contributed by atoms with E-state index in [1.54, 1.807) is 26.8 Å². The molecule has 0 saturated carbocycles. The van der Waals surface area contributed by atoms with Crippen molar-refractivity contribution in [2.75, 3.05) is 6.61 Å². The average molecular weight is 432 g/mol. The number of carbonyl (C=O) groups is 1. The summed E-state index contributed by atoms with van der Waals surface area (Å²) in [7, 11) is -1.98. The van der Waals surface area contributed by atoms with Crippen molar-refractivity contribution in [2.45, 2.75) is 65.3 Å². The van der Waals surface area contributed by atoms with Crippen LogP contribution in [0.3, 0.4) is 0 Å². The van der Waals surface area contributed by atoms with E-state index in [1.807, 2.05) is 0 Å². The summed E-state index contributed by atoms with van der Waals surface area (Å²) in [4.78, 5) is 23.6. The molecule has 9 heteroatoms. The molecule has 1 aromatic heterocycles. The molecule has 8 nitrogen and oxygen atoms in total. The lowest BCUT2D eigenvalue weighted by Gasteiger charge is -2.35. The Kier molecular flexibility index (Phi) is 6.45. The predicted octanol–water partition coefficient (Wildman–Crippen LogP) is 5.10. The highest BCUT2D eigenvalue weighted by atomic mass is 28.4. The molecule has 0 saturated heterocycles. The van der Waals surface area contributed by atoms with E-state index in [2.05, 4.69) is 50.8 Å². The molecule has 0 unspecified atom stereocenters. The Morgan fingerprint density at radius 3 is 2.40 bits per heavy atom. The normalized spacial score (nSPS) is 12.4. The van der Waals surface area contributed by atoms with Crippen LogP contribution in [0.1, 0.15) is 47.2 Å². The summed E-state index contributed by atoms with van der Waals surface area (Å²) in [6.07, 6.45) is -0.724. The minimum atomic E-state index is -1.98. The van der Waals surface area contributed by atoms with Crippen molar-refractivity contribution in [1.29, 1.82) is 0 Å². The summed E-state index contributed by atoms with van der Waals surface area (Å²) >= 11 is 0. The van der Waals surface area contributed by atoms with E-state index < -0.39 is 24.9 Å². The van der Waals surface area contributed by atoms with Gasteiger partial charge < -0.3 is 9.16 Å². The van der Waals surface area contributed by atoms with E-state index in [4.69, 9.17) is 9.16 Å². The number of aromatic nitrogens is 2. The first-order valence-corrected chi connectivity index (χ1v) is 12.6. The van der Waals surface area contributed by atoms with Gasteiger partial charge in [0.25, 0.3) is 5.69 Å². The molecule has 2 aromatic rings. The quantitative estimate of drug-likeness (QED) is 0.290. The van der Waals surface area contributed by atoms with Gasteiger partial charge in [0.2, 0.25) is 0 Å². The zero-order valence-electron chi connectivity index (χ0n) is 18.8. The number of ether oxygens (including phenoxy) is 1. The highest BCUT2D eigenvalue weighted by molar-refractivity contribution is 6.74. The molecular weight excluding hydrogens is 402 g/mol. The predicted molar refractivity (Wildman–Crippen MR) is 118 cm³/mol. The third-order valence-electron chi connectivity index (χ3n) is 4.97. The monoisotopic (exact) mass is 431 g/mol. The molecule has 0 bridgehead atoms. The molecule has 30 heavy (non-hydrogen) atoms. The van der Waals surface area contributed by atoms with Crippen LogP contribution in [-0.2, 0) is 9.16 Å². The van der Waals surface area contributed by atoms with Crippen molar-refractivity contribution in [1.82, 2.24) is 9.78 Å². The van der Waals surface area contributed by atoms with E-state index in [0.29, 0.717) is 0 Å². The molecule has 0 N–H and O–H groups in total. The Hall–Kier alpha value is -2.70. The van der Waals surface area contributed by atoms with Crippen molar-refractivity contribution in [3.8, 4) is 11.8 Å². The van der Waals surface area contributed by atoms with Gasteiger partial charge in [0.15, 0.2) is 14.0 Å². The summed E-state index contributed by atoms with van der Waals surface area (Å²) < 4.78 is 12.4. The molecule has 1 heterocycles. The SMILES string of the molecule is CC(C)(C)OC(=O)n1nc(C#CCO[Si](C)(C)C(C)(C)C)c2c([N+](=O)[O-])cccc21. The lowest BCUT2D eigenvalue weighted by Crippen LogP contribution is -2.40. The first kappa shape index (κ1) is 23.6. The fourth-order valence-corrected chi connectivity index (χ4v) is 3.25. The number of nitro groups is 1. The Morgan fingerprint density at radius 2 is 1.87 bits per heavy atom. The number of fused-ring (bicyclic) bond motifs is 1. The van der Waals surface area contributed by atoms with Crippen molar-refractivity contribution < 1.29 is 18.9 Å². The van der Waals surface area contributed by atoms with Crippen molar-refractivity contribution >= 4 is 31.0 Å². The topological polar surface area (TPSA) is 96.5 Å². The van der Waals surface area contributed by atoms with Crippen LogP contribution in [0, 0.1) is 22.0 Å². The molecule has 0 aliphatic carbocycles. The van der Waals surface area contributed by atoms with Crippen LogP contribution in [0.2, 0.25) is 18.1 Å². The molecule has 0 amide bonds. The van der Waals surface area contributed by atoms with Gasteiger partial charge in [-0.1, -0.05) is 32.8 Å². The van der Waals surface area contributed by atoms with Gasteiger partial charge >= 0.3 is 6.09 Å². The zero-order valence-corrected chi connectivity index (χ0v) is 19.8. The van der Waals surface area contributed by atoms with Gasteiger partial charge in [-0.3, -0.25) is 10.1 Å².